The number of anilines is 2. The van der Waals surface area contributed by atoms with Crippen molar-refractivity contribution < 1.29 is 4.79 Å². The van der Waals surface area contributed by atoms with Crippen molar-refractivity contribution in [2.75, 3.05) is 23.3 Å². The van der Waals surface area contributed by atoms with E-state index in [1.54, 1.807) is 24.2 Å². The highest BCUT2D eigenvalue weighted by Crippen LogP contribution is 2.34. The van der Waals surface area contributed by atoms with Crippen LogP contribution in [0.5, 0.6) is 0 Å². The van der Waals surface area contributed by atoms with Gasteiger partial charge < -0.3 is 10.2 Å². The summed E-state index contributed by atoms with van der Waals surface area (Å²) in [5.41, 5.74) is 3.21. The van der Waals surface area contributed by atoms with Crippen molar-refractivity contribution in [3.8, 4) is 0 Å². The van der Waals surface area contributed by atoms with Crippen LogP contribution in [-0.4, -0.2) is 29.0 Å². The summed E-state index contributed by atoms with van der Waals surface area (Å²) in [5.74, 6) is 0.859. The molecule has 0 saturated carbocycles. The fourth-order valence-electron chi connectivity index (χ4n) is 3.75. The molecule has 1 N–H and O–H groups in total. The number of amides is 1. The Labute approximate surface area is 181 Å². The minimum absolute atomic E-state index is 0.0712. The number of aromatic nitrogens is 2. The van der Waals surface area contributed by atoms with Gasteiger partial charge in [-0.25, -0.2) is 9.97 Å². The quantitative estimate of drug-likeness (QED) is 0.625. The average molecular weight is 419 g/mol. The monoisotopic (exact) mass is 418 g/mol. The first-order chi connectivity index (χ1) is 14.6. The van der Waals surface area contributed by atoms with E-state index in [4.69, 9.17) is 0 Å². The number of nitrogens with one attached hydrogen (secondary N) is 1. The molecule has 0 unspecified atom stereocenters. The highest BCUT2D eigenvalue weighted by atomic mass is 32.2. The molecular weight excluding hydrogens is 392 g/mol. The summed E-state index contributed by atoms with van der Waals surface area (Å²) in [6.45, 7) is 5.65. The summed E-state index contributed by atoms with van der Waals surface area (Å²) in [5, 5.41) is 3.96. The Hall–Kier alpha value is -2.86. The van der Waals surface area contributed by atoms with E-state index >= 15 is 0 Å². The van der Waals surface area contributed by atoms with Crippen molar-refractivity contribution in [1.29, 1.82) is 0 Å². The average Bonchev–Trinajstić information content (AvgIpc) is 2.74. The minimum Gasteiger partial charge on any atom is -0.354 e. The number of rotatable bonds is 5. The van der Waals surface area contributed by atoms with Crippen LogP contribution in [0.3, 0.4) is 0 Å². The molecule has 1 aliphatic heterocycles. The molecule has 4 rings (SSSR count). The van der Waals surface area contributed by atoms with E-state index in [-0.39, 0.29) is 11.8 Å². The first-order valence-corrected chi connectivity index (χ1v) is 11.1. The van der Waals surface area contributed by atoms with Crippen molar-refractivity contribution in [3.05, 3.63) is 72.1 Å². The molecule has 1 atom stereocenters. The van der Waals surface area contributed by atoms with Gasteiger partial charge >= 0.3 is 0 Å². The number of aryl methyl sites for hydroxylation is 2. The van der Waals surface area contributed by atoms with Gasteiger partial charge in [-0.15, -0.1) is 0 Å². The standard InChI is InChI=1S/C24H26N4OS/c1-17-6-3-9-20(14-17)27-23(29)19-8-5-13-28(16-19)22-24(26-12-11-25-22)30-21-10-4-7-18(2)15-21/h3-4,6-7,9-12,14-15,19H,5,8,13,16H2,1-2H3,(H,27,29)/t19-/m1/s1. The number of carbonyl (C=O) groups excluding carboxylic acids is 1. The van der Waals surface area contributed by atoms with Crippen molar-refractivity contribution in [2.45, 2.75) is 36.6 Å². The molecule has 0 aliphatic carbocycles. The number of benzene rings is 2. The number of piperidine rings is 1. The Balaban J connectivity index is 1.49. The third kappa shape index (κ3) is 5.00. The van der Waals surface area contributed by atoms with Crippen LogP contribution in [0, 0.1) is 19.8 Å². The first kappa shape index (κ1) is 20.4. The number of nitrogens with zero attached hydrogens (tertiary/aromatic N) is 3. The molecule has 0 radical (unpaired) electrons. The Bertz CT molecular complexity index is 1040. The molecule has 30 heavy (non-hydrogen) atoms. The highest BCUT2D eigenvalue weighted by Gasteiger charge is 2.28. The van der Waals surface area contributed by atoms with Gasteiger partial charge in [0.1, 0.15) is 5.03 Å². The van der Waals surface area contributed by atoms with Crippen LogP contribution < -0.4 is 10.2 Å². The van der Waals surface area contributed by atoms with Crippen LogP contribution in [0.15, 0.2) is 70.8 Å². The SMILES string of the molecule is Cc1cccc(NC(=O)[C@@H]2CCCN(c3nccnc3Sc3cccc(C)c3)C2)c1. The summed E-state index contributed by atoms with van der Waals surface area (Å²) in [7, 11) is 0. The normalized spacial score (nSPS) is 16.3. The molecule has 2 heterocycles. The lowest BCUT2D eigenvalue weighted by Gasteiger charge is -2.33. The fourth-order valence-corrected chi connectivity index (χ4v) is 4.75. The minimum atomic E-state index is -0.0712. The van der Waals surface area contributed by atoms with E-state index in [1.807, 2.05) is 31.2 Å². The second-order valence-corrected chi connectivity index (χ2v) is 8.81. The van der Waals surface area contributed by atoms with Gasteiger partial charge in [0.2, 0.25) is 5.91 Å². The maximum absolute atomic E-state index is 12.9. The Morgan fingerprint density at radius 3 is 2.63 bits per heavy atom. The zero-order valence-corrected chi connectivity index (χ0v) is 18.2. The van der Waals surface area contributed by atoms with E-state index in [0.717, 1.165) is 46.4 Å². The van der Waals surface area contributed by atoms with Gasteiger partial charge in [-0.2, -0.15) is 0 Å². The third-order valence-electron chi connectivity index (χ3n) is 5.23. The second kappa shape index (κ2) is 9.30. The topological polar surface area (TPSA) is 58.1 Å². The molecule has 1 aromatic heterocycles. The molecule has 6 heteroatoms. The number of hydrogen-bond acceptors (Lipinski definition) is 5. The summed E-state index contributed by atoms with van der Waals surface area (Å²) in [6.07, 6.45) is 5.30. The molecule has 0 bridgehead atoms. The van der Waals surface area contributed by atoms with Gasteiger partial charge in [-0.3, -0.25) is 4.79 Å². The first-order valence-electron chi connectivity index (χ1n) is 10.3. The highest BCUT2D eigenvalue weighted by molar-refractivity contribution is 7.99. The summed E-state index contributed by atoms with van der Waals surface area (Å²) >= 11 is 1.62. The molecule has 1 amide bonds. The number of hydrogen-bond donors (Lipinski definition) is 1. The molecule has 154 valence electrons. The molecule has 1 aliphatic rings. The smallest absolute Gasteiger partial charge is 0.229 e. The van der Waals surface area contributed by atoms with Crippen LogP contribution in [0.1, 0.15) is 24.0 Å². The van der Waals surface area contributed by atoms with Crippen LogP contribution in [0.25, 0.3) is 0 Å². The van der Waals surface area contributed by atoms with E-state index in [2.05, 4.69) is 51.4 Å². The summed E-state index contributed by atoms with van der Waals surface area (Å²) in [4.78, 5) is 25.4. The van der Waals surface area contributed by atoms with Gasteiger partial charge in [-0.1, -0.05) is 41.6 Å². The Morgan fingerprint density at radius 2 is 1.83 bits per heavy atom. The lowest BCUT2D eigenvalue weighted by Crippen LogP contribution is -2.41. The van der Waals surface area contributed by atoms with E-state index in [0.29, 0.717) is 6.54 Å². The van der Waals surface area contributed by atoms with Crippen LogP contribution >= 0.6 is 11.8 Å². The van der Waals surface area contributed by atoms with Gasteiger partial charge in [0.25, 0.3) is 0 Å². The maximum atomic E-state index is 12.9. The Kier molecular flexibility index (Phi) is 6.33. The van der Waals surface area contributed by atoms with Crippen molar-refractivity contribution in [3.63, 3.8) is 0 Å². The second-order valence-electron chi connectivity index (χ2n) is 7.75. The van der Waals surface area contributed by atoms with E-state index in [1.165, 1.54) is 5.56 Å². The van der Waals surface area contributed by atoms with E-state index < -0.39 is 0 Å². The van der Waals surface area contributed by atoms with Crippen LogP contribution in [0.2, 0.25) is 0 Å². The van der Waals surface area contributed by atoms with Gasteiger partial charge in [0.05, 0.1) is 5.92 Å². The summed E-state index contributed by atoms with van der Waals surface area (Å²) in [6, 6.07) is 16.3. The number of carbonyl (C=O) groups is 1. The molecule has 1 saturated heterocycles. The van der Waals surface area contributed by atoms with Crippen LogP contribution in [0.4, 0.5) is 11.5 Å². The predicted molar refractivity (Wildman–Crippen MR) is 122 cm³/mol. The fraction of sp³-hybridized carbons (Fsp3) is 0.292. The largest absolute Gasteiger partial charge is 0.354 e. The predicted octanol–water partition coefficient (Wildman–Crippen LogP) is 5.10. The Morgan fingerprint density at radius 1 is 1.07 bits per heavy atom. The zero-order valence-electron chi connectivity index (χ0n) is 17.3. The maximum Gasteiger partial charge on any atom is 0.229 e. The van der Waals surface area contributed by atoms with Gasteiger partial charge in [0, 0.05) is 36.1 Å². The summed E-state index contributed by atoms with van der Waals surface area (Å²) < 4.78 is 0. The van der Waals surface area contributed by atoms with Crippen LogP contribution in [-0.2, 0) is 4.79 Å². The van der Waals surface area contributed by atoms with Crippen molar-refractivity contribution >= 4 is 29.2 Å². The molecule has 0 spiro atoms. The zero-order chi connectivity index (χ0) is 20.9. The molecule has 5 nitrogen and oxygen atoms in total. The lowest BCUT2D eigenvalue weighted by molar-refractivity contribution is -0.120. The van der Waals surface area contributed by atoms with Gasteiger partial charge in [-0.05, 0) is 56.5 Å². The third-order valence-corrected chi connectivity index (χ3v) is 6.20. The van der Waals surface area contributed by atoms with Crippen molar-refractivity contribution in [1.82, 2.24) is 9.97 Å². The van der Waals surface area contributed by atoms with Gasteiger partial charge in [0.15, 0.2) is 5.82 Å². The molecule has 2 aromatic carbocycles. The molecule has 1 fully saturated rings. The molecule has 3 aromatic rings. The lowest BCUT2D eigenvalue weighted by atomic mass is 9.97. The molecular formula is C24H26N4OS. The van der Waals surface area contributed by atoms with Crippen molar-refractivity contribution in [2.24, 2.45) is 5.92 Å². The van der Waals surface area contributed by atoms with E-state index in [9.17, 15) is 4.79 Å².